The van der Waals surface area contributed by atoms with Crippen molar-refractivity contribution in [3.05, 3.63) is 85.2 Å². The summed E-state index contributed by atoms with van der Waals surface area (Å²) in [4.78, 5) is 27.7. The third kappa shape index (κ3) is 5.49. The SMILES string of the molecule is Cc1c(-c2c(C)c3c(c(C)c2[C@H](OC(C)(C)C)C(=O)O)CN(C(=O)c2cc(F)c(Cl)c(F)c2)C3)cc(F)c2c1CCCO2. The predicted octanol–water partition coefficient (Wildman–Crippen LogP) is 7.77. The zero-order valence-electron chi connectivity index (χ0n) is 24.9. The van der Waals surface area contributed by atoms with Crippen LogP contribution in [0.5, 0.6) is 5.75 Å². The zero-order chi connectivity index (χ0) is 31.5. The average molecular weight is 616 g/mol. The van der Waals surface area contributed by atoms with Gasteiger partial charge in [-0.15, -0.1) is 0 Å². The van der Waals surface area contributed by atoms with Gasteiger partial charge in [-0.05, 0) is 112 Å². The molecule has 0 bridgehead atoms. The number of rotatable bonds is 5. The van der Waals surface area contributed by atoms with Crippen molar-refractivity contribution in [1.29, 1.82) is 0 Å². The van der Waals surface area contributed by atoms with Gasteiger partial charge in [-0.25, -0.2) is 18.0 Å². The molecule has 0 fully saturated rings. The van der Waals surface area contributed by atoms with Gasteiger partial charge in [0.05, 0.1) is 12.2 Å². The van der Waals surface area contributed by atoms with E-state index in [2.05, 4.69) is 0 Å². The van der Waals surface area contributed by atoms with Crippen molar-refractivity contribution in [2.24, 2.45) is 0 Å². The molecule has 2 aliphatic rings. The van der Waals surface area contributed by atoms with Gasteiger partial charge in [0, 0.05) is 29.8 Å². The molecule has 43 heavy (non-hydrogen) atoms. The minimum atomic E-state index is -1.40. The second kappa shape index (κ2) is 11.2. The maximum Gasteiger partial charge on any atom is 0.337 e. The maximum atomic E-state index is 15.5. The summed E-state index contributed by atoms with van der Waals surface area (Å²) in [7, 11) is 0. The van der Waals surface area contributed by atoms with E-state index < -0.39 is 46.1 Å². The number of carbonyl (C=O) groups excluding carboxylic acids is 1. The molecule has 228 valence electrons. The highest BCUT2D eigenvalue weighted by atomic mass is 35.5. The summed E-state index contributed by atoms with van der Waals surface area (Å²) < 4.78 is 55.7. The van der Waals surface area contributed by atoms with Crippen LogP contribution in [0, 0.1) is 38.2 Å². The van der Waals surface area contributed by atoms with Crippen LogP contribution in [0.2, 0.25) is 5.02 Å². The first-order chi connectivity index (χ1) is 20.1. The first-order valence-corrected chi connectivity index (χ1v) is 14.4. The van der Waals surface area contributed by atoms with Crippen molar-refractivity contribution in [2.45, 2.75) is 79.2 Å². The van der Waals surface area contributed by atoms with E-state index in [1.165, 1.54) is 11.0 Å². The molecule has 1 atom stereocenters. The van der Waals surface area contributed by atoms with Gasteiger partial charge in [0.15, 0.2) is 17.7 Å². The third-order valence-electron chi connectivity index (χ3n) is 8.20. The molecule has 2 heterocycles. The number of hydrogen-bond acceptors (Lipinski definition) is 4. The van der Waals surface area contributed by atoms with E-state index in [0.717, 1.165) is 35.2 Å². The molecule has 2 aliphatic heterocycles. The number of carboxylic acid groups (broad SMARTS) is 1. The van der Waals surface area contributed by atoms with Crippen molar-refractivity contribution >= 4 is 23.5 Å². The van der Waals surface area contributed by atoms with E-state index in [1.807, 2.05) is 13.8 Å². The molecule has 3 aromatic carbocycles. The average Bonchev–Trinajstić information content (AvgIpc) is 3.40. The highest BCUT2D eigenvalue weighted by Gasteiger charge is 2.37. The minimum absolute atomic E-state index is 0.0766. The molecule has 0 aromatic heterocycles. The fraction of sp³-hybridized carbons (Fsp3) is 0.394. The Morgan fingerprint density at radius 3 is 2.14 bits per heavy atom. The summed E-state index contributed by atoms with van der Waals surface area (Å²) >= 11 is 5.62. The normalized spacial score (nSPS) is 15.2. The van der Waals surface area contributed by atoms with Crippen LogP contribution in [0.4, 0.5) is 13.2 Å². The van der Waals surface area contributed by atoms with E-state index in [1.54, 1.807) is 27.7 Å². The second-order valence-electron chi connectivity index (χ2n) is 12.2. The molecule has 0 radical (unpaired) electrons. The number of hydrogen-bond donors (Lipinski definition) is 1. The highest BCUT2D eigenvalue weighted by molar-refractivity contribution is 6.31. The van der Waals surface area contributed by atoms with Crippen LogP contribution in [-0.4, -0.2) is 34.1 Å². The van der Waals surface area contributed by atoms with E-state index in [-0.39, 0.29) is 24.4 Å². The van der Waals surface area contributed by atoms with Crippen LogP contribution in [-0.2, 0) is 29.0 Å². The number of carboxylic acids is 1. The van der Waals surface area contributed by atoms with Crippen LogP contribution in [0.25, 0.3) is 11.1 Å². The summed E-state index contributed by atoms with van der Waals surface area (Å²) in [5.41, 5.74) is 4.61. The van der Waals surface area contributed by atoms with Gasteiger partial charge < -0.3 is 19.5 Å². The number of nitrogens with zero attached hydrogens (tertiary/aromatic N) is 1. The van der Waals surface area contributed by atoms with E-state index >= 15 is 4.39 Å². The highest BCUT2D eigenvalue weighted by Crippen LogP contribution is 2.47. The molecule has 6 nitrogen and oxygen atoms in total. The Hall–Kier alpha value is -3.56. The largest absolute Gasteiger partial charge is 0.490 e. The maximum absolute atomic E-state index is 15.5. The number of benzene rings is 3. The lowest BCUT2D eigenvalue weighted by Crippen LogP contribution is -2.29. The van der Waals surface area contributed by atoms with Crippen molar-refractivity contribution in [3.8, 4) is 16.9 Å². The van der Waals surface area contributed by atoms with Gasteiger partial charge in [-0.3, -0.25) is 4.79 Å². The van der Waals surface area contributed by atoms with Crippen LogP contribution in [0.15, 0.2) is 18.2 Å². The predicted molar refractivity (Wildman–Crippen MR) is 156 cm³/mol. The third-order valence-corrected chi connectivity index (χ3v) is 8.56. The molecular weight excluding hydrogens is 583 g/mol. The monoisotopic (exact) mass is 615 g/mol. The van der Waals surface area contributed by atoms with Crippen LogP contribution in [0.1, 0.15) is 82.6 Å². The van der Waals surface area contributed by atoms with Gasteiger partial charge >= 0.3 is 5.97 Å². The first kappa shape index (κ1) is 30.9. The Balaban J connectivity index is 1.73. The molecule has 0 unspecified atom stereocenters. The standard InChI is InChI=1S/C33H33ClF3NO5/c1-15-19-8-7-9-42-29(19)25(37)12-20(15)26-16(2)21-13-38(31(39)18-10-23(35)28(34)24(36)11-18)14-22(21)17(3)27(26)30(32(40)41)43-33(4,5)6/h10-12,30H,7-9,13-14H2,1-6H3,(H,40,41)/t30-/m0/s1. The van der Waals surface area contributed by atoms with E-state index in [4.69, 9.17) is 21.1 Å². The Labute approximate surface area is 253 Å². The zero-order valence-corrected chi connectivity index (χ0v) is 25.6. The van der Waals surface area contributed by atoms with Crippen LogP contribution in [0.3, 0.4) is 0 Å². The van der Waals surface area contributed by atoms with Crippen LogP contribution < -0.4 is 4.74 Å². The topological polar surface area (TPSA) is 76.1 Å². The summed E-state index contributed by atoms with van der Waals surface area (Å²) in [5.74, 6) is -4.24. The Morgan fingerprint density at radius 1 is 0.953 bits per heavy atom. The van der Waals surface area contributed by atoms with E-state index in [0.29, 0.717) is 46.4 Å². The summed E-state index contributed by atoms with van der Waals surface area (Å²) in [6, 6.07) is 3.17. The molecule has 0 saturated carbocycles. The summed E-state index contributed by atoms with van der Waals surface area (Å²) in [6.45, 7) is 11.3. The van der Waals surface area contributed by atoms with Crippen molar-refractivity contribution < 1.29 is 37.3 Å². The first-order valence-electron chi connectivity index (χ1n) is 14.0. The van der Waals surface area contributed by atoms with Crippen molar-refractivity contribution in [2.75, 3.05) is 6.61 Å². The number of ether oxygens (including phenoxy) is 2. The molecule has 0 aliphatic carbocycles. The fourth-order valence-corrected chi connectivity index (χ4v) is 6.31. The van der Waals surface area contributed by atoms with Gasteiger partial charge in [0.25, 0.3) is 5.91 Å². The Bertz CT molecular complexity index is 1660. The number of aliphatic carboxylic acids is 1. The summed E-state index contributed by atoms with van der Waals surface area (Å²) in [6.07, 6.45) is -0.0701. The number of halogens is 4. The Kier molecular flexibility index (Phi) is 8.03. The summed E-state index contributed by atoms with van der Waals surface area (Å²) in [5, 5.41) is 9.74. The van der Waals surface area contributed by atoms with Crippen LogP contribution >= 0.6 is 11.6 Å². The second-order valence-corrected chi connectivity index (χ2v) is 12.5. The molecule has 3 aromatic rings. The van der Waals surface area contributed by atoms with Crippen molar-refractivity contribution in [1.82, 2.24) is 4.90 Å². The molecular formula is C33H33ClF3NO5. The molecule has 1 amide bonds. The number of carbonyl (C=O) groups is 2. The molecule has 5 rings (SSSR count). The lowest BCUT2D eigenvalue weighted by molar-refractivity contribution is -0.160. The Morgan fingerprint density at radius 2 is 1.56 bits per heavy atom. The van der Waals surface area contributed by atoms with Gasteiger partial charge in [-0.2, -0.15) is 0 Å². The lowest BCUT2D eigenvalue weighted by atomic mass is 9.81. The minimum Gasteiger partial charge on any atom is -0.490 e. The van der Waals surface area contributed by atoms with E-state index in [9.17, 15) is 23.5 Å². The molecule has 0 spiro atoms. The molecule has 10 heteroatoms. The molecule has 0 saturated heterocycles. The smallest absolute Gasteiger partial charge is 0.337 e. The van der Waals surface area contributed by atoms with Crippen molar-refractivity contribution in [3.63, 3.8) is 0 Å². The quantitative estimate of drug-likeness (QED) is 0.297. The molecule has 1 N–H and O–H groups in total. The van der Waals surface area contributed by atoms with Gasteiger partial charge in [0.2, 0.25) is 0 Å². The lowest BCUT2D eigenvalue weighted by Gasteiger charge is -2.31. The number of fused-ring (bicyclic) bond motifs is 2. The van der Waals surface area contributed by atoms with Gasteiger partial charge in [-0.1, -0.05) is 11.6 Å². The van der Waals surface area contributed by atoms with Gasteiger partial charge in [0.1, 0.15) is 16.7 Å². The fourth-order valence-electron chi connectivity index (χ4n) is 6.21. The number of amides is 1.